The number of hydrogen-bond acceptors (Lipinski definition) is 6. The number of likely N-dealkylation sites (N-methyl/N-ethyl adjacent to an activating group) is 1. The van der Waals surface area contributed by atoms with Gasteiger partial charge in [0.25, 0.3) is 0 Å². The molecule has 0 saturated carbocycles. The van der Waals surface area contributed by atoms with Crippen LogP contribution < -0.4 is 10.6 Å². The van der Waals surface area contributed by atoms with Crippen molar-refractivity contribution in [1.82, 2.24) is 4.90 Å². The molecule has 2 amide bonds. The summed E-state index contributed by atoms with van der Waals surface area (Å²) in [5.74, 6) is -0.0118. The molecule has 8 nitrogen and oxygen atoms in total. The lowest BCUT2D eigenvalue weighted by Crippen LogP contribution is -2.48. The number of morpholine rings is 1. The first-order valence-corrected chi connectivity index (χ1v) is 21.3. The Labute approximate surface area is 303 Å². The SMILES string of the molecule is CN1[C@@H]2CC(OC(=O)Nc3ccc(CCCC(=O)Nc4ccc5c(CO[Si](C)(C)C(C)(C)C)cccc5c4)cc3-c3ccccc3)C[C@H]1[C@@H]1O[C@@H]12. The van der Waals surface area contributed by atoms with Crippen LogP contribution in [0, 0.1) is 0 Å². The Bertz CT molecular complexity index is 1890. The molecule has 2 N–H and O–H groups in total. The van der Waals surface area contributed by atoms with E-state index in [9.17, 15) is 9.59 Å². The van der Waals surface area contributed by atoms with Gasteiger partial charge in [-0.1, -0.05) is 81.4 Å². The number of carbonyl (C=O) groups is 2. The molecule has 3 aliphatic heterocycles. The van der Waals surface area contributed by atoms with E-state index in [0.29, 0.717) is 49.4 Å². The molecule has 9 heteroatoms. The molecular formula is C42H51N3O5Si. The van der Waals surface area contributed by atoms with Crippen LogP contribution in [-0.2, 0) is 31.7 Å². The lowest BCUT2D eigenvalue weighted by molar-refractivity contribution is -0.116. The maximum atomic E-state index is 13.1. The molecule has 3 heterocycles. The molecule has 1 unspecified atom stereocenters. The monoisotopic (exact) mass is 705 g/mol. The minimum absolute atomic E-state index is 0.0118. The Balaban J connectivity index is 0.945. The van der Waals surface area contributed by atoms with Crippen LogP contribution >= 0.6 is 0 Å². The molecule has 0 radical (unpaired) electrons. The van der Waals surface area contributed by atoms with Gasteiger partial charge in [0, 0.05) is 42.6 Å². The number of benzene rings is 4. The first kappa shape index (κ1) is 35.4. The molecule has 3 aliphatic rings. The Morgan fingerprint density at radius 3 is 2.37 bits per heavy atom. The first-order valence-electron chi connectivity index (χ1n) is 18.4. The van der Waals surface area contributed by atoms with Crippen LogP contribution in [0.5, 0.6) is 0 Å². The Morgan fingerprint density at radius 2 is 1.65 bits per heavy atom. The number of piperidine rings is 1. The zero-order valence-corrected chi connectivity index (χ0v) is 31.7. The van der Waals surface area contributed by atoms with Gasteiger partial charge in [0.1, 0.15) is 18.3 Å². The standard InChI is InChI=1S/C42H51N3O5Si/c1-42(2,3)51(5,6)48-26-30-16-11-15-29-23-31(19-20-33(29)30)43-38(46)17-10-12-27-18-21-35(34(22-27)28-13-8-7-9-14-28)44-41(47)49-32-24-36-39-40(50-39)37(25-32)45(36)4/h7-9,11,13-16,18-23,32,36-37,39-40H,10,12,17,24-26H2,1-6H3,(H,43,46)(H,44,47)/t32?,36-,37+,39-,40+. The molecule has 3 saturated heterocycles. The number of rotatable bonds is 11. The molecular weight excluding hydrogens is 655 g/mol. The number of anilines is 2. The van der Waals surface area contributed by atoms with Crippen molar-refractivity contribution in [2.24, 2.45) is 0 Å². The van der Waals surface area contributed by atoms with Gasteiger partial charge in [0.05, 0.1) is 12.3 Å². The van der Waals surface area contributed by atoms with E-state index in [2.05, 4.69) is 86.8 Å². The van der Waals surface area contributed by atoms with Gasteiger partial charge in [0.2, 0.25) is 5.91 Å². The molecule has 0 spiro atoms. The summed E-state index contributed by atoms with van der Waals surface area (Å²) < 4.78 is 18.2. The van der Waals surface area contributed by atoms with Crippen molar-refractivity contribution in [3.05, 3.63) is 96.1 Å². The second-order valence-electron chi connectivity index (χ2n) is 16.0. The minimum Gasteiger partial charge on any atom is -0.446 e. The van der Waals surface area contributed by atoms with E-state index in [0.717, 1.165) is 52.4 Å². The highest BCUT2D eigenvalue weighted by molar-refractivity contribution is 6.74. The van der Waals surface area contributed by atoms with Gasteiger partial charge < -0.3 is 19.2 Å². The summed E-state index contributed by atoms with van der Waals surface area (Å²) in [6.45, 7) is 11.9. The second-order valence-corrected chi connectivity index (χ2v) is 20.8. The molecule has 2 bridgehead atoms. The number of nitrogens with one attached hydrogen (secondary N) is 2. The van der Waals surface area contributed by atoms with Crippen molar-refractivity contribution >= 4 is 42.5 Å². The number of carbonyl (C=O) groups excluding carboxylic acids is 2. The van der Waals surface area contributed by atoms with Crippen molar-refractivity contribution in [2.45, 2.75) is 108 Å². The number of fused-ring (bicyclic) bond motifs is 6. The van der Waals surface area contributed by atoms with Crippen LogP contribution in [0.15, 0.2) is 84.9 Å². The van der Waals surface area contributed by atoms with Gasteiger partial charge >= 0.3 is 6.09 Å². The molecule has 5 atom stereocenters. The van der Waals surface area contributed by atoms with E-state index in [1.165, 1.54) is 5.56 Å². The van der Waals surface area contributed by atoms with Crippen LogP contribution in [0.25, 0.3) is 21.9 Å². The van der Waals surface area contributed by atoms with E-state index in [4.69, 9.17) is 13.9 Å². The summed E-state index contributed by atoms with van der Waals surface area (Å²) in [5.41, 5.74) is 5.71. The molecule has 4 aromatic carbocycles. The van der Waals surface area contributed by atoms with Gasteiger partial charge in [-0.05, 0) is 89.7 Å². The van der Waals surface area contributed by atoms with Gasteiger partial charge in [-0.15, -0.1) is 0 Å². The molecule has 0 aromatic heterocycles. The van der Waals surface area contributed by atoms with Crippen LogP contribution in [0.3, 0.4) is 0 Å². The fourth-order valence-corrected chi connectivity index (χ4v) is 8.45. The Hall–Kier alpha value is -4.02. The minimum atomic E-state index is -1.87. The van der Waals surface area contributed by atoms with Crippen LogP contribution in [0.2, 0.25) is 18.1 Å². The Morgan fingerprint density at radius 1 is 0.902 bits per heavy atom. The van der Waals surface area contributed by atoms with E-state index < -0.39 is 14.4 Å². The van der Waals surface area contributed by atoms with E-state index >= 15 is 0 Å². The average molecular weight is 706 g/mol. The van der Waals surface area contributed by atoms with Crippen LogP contribution in [-0.4, -0.2) is 62.7 Å². The number of aryl methyl sites for hydroxylation is 1. The topological polar surface area (TPSA) is 92.4 Å². The van der Waals surface area contributed by atoms with Crippen LogP contribution in [0.4, 0.5) is 16.2 Å². The van der Waals surface area contributed by atoms with E-state index in [1.807, 2.05) is 54.6 Å². The number of epoxide rings is 1. The second kappa shape index (κ2) is 14.2. The van der Waals surface area contributed by atoms with Gasteiger partial charge in [0.15, 0.2) is 8.32 Å². The molecule has 268 valence electrons. The van der Waals surface area contributed by atoms with Crippen molar-refractivity contribution in [3.8, 4) is 11.1 Å². The summed E-state index contributed by atoms with van der Waals surface area (Å²) in [4.78, 5) is 28.5. The zero-order valence-electron chi connectivity index (χ0n) is 30.7. The molecule has 0 aliphatic carbocycles. The van der Waals surface area contributed by atoms with E-state index in [-0.39, 0.29) is 17.0 Å². The third-order valence-electron chi connectivity index (χ3n) is 11.6. The molecule has 51 heavy (non-hydrogen) atoms. The number of ether oxygens (including phenoxy) is 2. The Kier molecular flexibility index (Phi) is 9.84. The van der Waals surface area contributed by atoms with Crippen LogP contribution in [0.1, 0.15) is 57.6 Å². The summed E-state index contributed by atoms with van der Waals surface area (Å²) in [5, 5.41) is 8.51. The summed E-state index contributed by atoms with van der Waals surface area (Å²) >= 11 is 0. The summed E-state index contributed by atoms with van der Waals surface area (Å²) in [6.07, 6.45) is 3.48. The fourth-order valence-electron chi connectivity index (χ4n) is 7.51. The highest BCUT2D eigenvalue weighted by Crippen LogP contribution is 2.48. The first-order chi connectivity index (χ1) is 24.4. The lowest BCUT2D eigenvalue weighted by Gasteiger charge is -2.37. The van der Waals surface area contributed by atoms with E-state index in [1.54, 1.807) is 0 Å². The zero-order chi connectivity index (χ0) is 35.9. The van der Waals surface area contributed by atoms with Gasteiger partial charge in [-0.25, -0.2) is 4.79 Å². The lowest BCUT2D eigenvalue weighted by atomic mass is 9.98. The average Bonchev–Trinajstić information content (AvgIpc) is 3.86. The molecule has 4 aromatic rings. The van der Waals surface area contributed by atoms with Crippen molar-refractivity contribution in [3.63, 3.8) is 0 Å². The number of hydrogen-bond donors (Lipinski definition) is 2. The number of amides is 2. The van der Waals surface area contributed by atoms with Crippen molar-refractivity contribution in [1.29, 1.82) is 0 Å². The maximum absolute atomic E-state index is 13.1. The maximum Gasteiger partial charge on any atom is 0.411 e. The summed E-state index contributed by atoms with van der Waals surface area (Å²) in [6, 6.07) is 29.1. The third-order valence-corrected chi connectivity index (χ3v) is 16.1. The van der Waals surface area contributed by atoms with Crippen molar-refractivity contribution in [2.75, 3.05) is 17.7 Å². The molecule has 3 fully saturated rings. The normalized spacial score (nSPS) is 22.7. The highest BCUT2D eigenvalue weighted by Gasteiger charge is 2.62. The summed E-state index contributed by atoms with van der Waals surface area (Å²) in [7, 11) is 0.276. The number of nitrogens with zero attached hydrogens (tertiary/aromatic N) is 1. The largest absolute Gasteiger partial charge is 0.446 e. The highest BCUT2D eigenvalue weighted by atomic mass is 28.4. The van der Waals surface area contributed by atoms with Gasteiger partial charge in [-0.3, -0.25) is 15.0 Å². The van der Waals surface area contributed by atoms with Crippen molar-refractivity contribution < 1.29 is 23.5 Å². The smallest absolute Gasteiger partial charge is 0.411 e. The predicted molar refractivity (Wildman–Crippen MR) is 207 cm³/mol. The van der Waals surface area contributed by atoms with Gasteiger partial charge in [-0.2, -0.15) is 0 Å². The third kappa shape index (κ3) is 7.77. The quantitative estimate of drug-likeness (QED) is 0.120. The fraction of sp³-hybridized carbons (Fsp3) is 0.429. The predicted octanol–water partition coefficient (Wildman–Crippen LogP) is 9.15. The molecule has 7 rings (SSSR count).